The molecule has 25 heavy (non-hydrogen) atoms. The van der Waals surface area contributed by atoms with Crippen LogP contribution in [0.3, 0.4) is 0 Å². The molecule has 1 N–H and O–H groups in total. The van der Waals surface area contributed by atoms with Crippen molar-refractivity contribution in [3.05, 3.63) is 56.8 Å². The maximum Gasteiger partial charge on any atom is 0.165 e. The van der Waals surface area contributed by atoms with E-state index in [1.165, 1.54) is 6.92 Å². The van der Waals surface area contributed by atoms with Gasteiger partial charge in [-0.2, -0.15) is 0 Å². The molecule has 1 fully saturated rings. The first-order chi connectivity index (χ1) is 12.0. The van der Waals surface area contributed by atoms with E-state index in [2.05, 4.69) is 10.3 Å². The quantitative estimate of drug-likeness (QED) is 0.721. The van der Waals surface area contributed by atoms with Crippen LogP contribution >= 0.6 is 34.8 Å². The second kappa shape index (κ2) is 7.92. The Morgan fingerprint density at radius 2 is 2.12 bits per heavy atom. The first-order valence-electron chi connectivity index (χ1n) is 7.94. The summed E-state index contributed by atoms with van der Waals surface area (Å²) < 4.78 is 6.27. The van der Waals surface area contributed by atoms with Crippen LogP contribution in [0.5, 0.6) is 5.75 Å². The van der Waals surface area contributed by atoms with E-state index >= 15 is 0 Å². The van der Waals surface area contributed by atoms with Gasteiger partial charge in [0.25, 0.3) is 0 Å². The Morgan fingerprint density at radius 3 is 2.76 bits per heavy atom. The van der Waals surface area contributed by atoms with E-state index in [0.717, 1.165) is 25.1 Å². The number of nitrogens with one attached hydrogen (secondary N) is 1. The first kappa shape index (κ1) is 18.5. The number of hydrogen-bond donors (Lipinski definition) is 1. The fourth-order valence-corrected chi connectivity index (χ4v) is 3.68. The number of ketones is 1. The van der Waals surface area contributed by atoms with E-state index in [9.17, 15) is 4.79 Å². The normalized spacial score (nSPS) is 18.2. The number of aromatic nitrogens is 1. The number of carbonyl (C=O) groups excluding carboxylic acids is 1. The van der Waals surface area contributed by atoms with Gasteiger partial charge in [-0.1, -0.05) is 34.8 Å². The molecule has 0 spiro atoms. The maximum absolute atomic E-state index is 12.1. The summed E-state index contributed by atoms with van der Waals surface area (Å²) in [5, 5.41) is 4.40. The molecule has 0 bridgehead atoms. The summed E-state index contributed by atoms with van der Waals surface area (Å²) >= 11 is 18.4. The highest BCUT2D eigenvalue weighted by Gasteiger charge is 2.30. The summed E-state index contributed by atoms with van der Waals surface area (Å²) in [6, 6.07) is 5.15. The molecule has 2 heterocycles. The summed E-state index contributed by atoms with van der Waals surface area (Å²) in [7, 11) is 0. The Bertz CT molecular complexity index is 792. The van der Waals surface area contributed by atoms with Crippen LogP contribution in [-0.4, -0.2) is 23.9 Å². The van der Waals surface area contributed by atoms with Crippen molar-refractivity contribution in [3.8, 4) is 5.75 Å². The monoisotopic (exact) mass is 398 g/mol. The molecule has 2 aromatic rings. The zero-order valence-electron chi connectivity index (χ0n) is 13.6. The third kappa shape index (κ3) is 4.09. The Hall–Kier alpha value is -1.33. The van der Waals surface area contributed by atoms with Crippen molar-refractivity contribution in [1.82, 2.24) is 10.3 Å². The molecular formula is C18H17Cl3N2O2. The zero-order chi connectivity index (χ0) is 18.0. The number of hydrogen-bond acceptors (Lipinski definition) is 4. The van der Waals surface area contributed by atoms with Gasteiger partial charge in [0.2, 0.25) is 0 Å². The van der Waals surface area contributed by atoms with Crippen molar-refractivity contribution < 1.29 is 9.53 Å². The molecule has 3 rings (SSSR count). The average molecular weight is 400 g/mol. The molecule has 4 nitrogen and oxygen atoms in total. The van der Waals surface area contributed by atoms with Gasteiger partial charge in [-0.05, 0) is 38.1 Å². The molecule has 1 aliphatic rings. The molecule has 0 aliphatic carbocycles. The number of pyridine rings is 1. The minimum Gasteiger partial charge on any atom is -0.485 e. The van der Waals surface area contributed by atoms with Gasteiger partial charge in [0, 0.05) is 30.4 Å². The average Bonchev–Trinajstić information content (AvgIpc) is 3.09. The number of nitrogens with zero attached hydrogens (tertiary/aromatic N) is 1. The number of halogens is 3. The SMILES string of the molecule is CC(=O)c1c(OC(c2cncc(Cl)c2)[C@H]2CCNC2)ccc(Cl)c1Cl. The number of ether oxygens (including phenoxy) is 1. The lowest BCUT2D eigenvalue weighted by Gasteiger charge is -2.26. The molecule has 7 heteroatoms. The molecule has 2 atom stereocenters. The first-order valence-corrected chi connectivity index (χ1v) is 9.07. The molecule has 1 aromatic heterocycles. The van der Waals surface area contributed by atoms with Crippen LogP contribution in [0, 0.1) is 5.92 Å². The minimum atomic E-state index is -0.295. The van der Waals surface area contributed by atoms with Gasteiger partial charge < -0.3 is 10.1 Å². The number of carbonyl (C=O) groups is 1. The Kier molecular flexibility index (Phi) is 5.85. The van der Waals surface area contributed by atoms with Gasteiger partial charge in [-0.15, -0.1) is 0 Å². The molecule has 132 valence electrons. The van der Waals surface area contributed by atoms with Gasteiger partial charge in [-0.25, -0.2) is 0 Å². The molecule has 0 radical (unpaired) electrons. The van der Waals surface area contributed by atoms with Gasteiger partial charge in [-0.3, -0.25) is 9.78 Å². The highest BCUT2D eigenvalue weighted by atomic mass is 35.5. The van der Waals surface area contributed by atoms with E-state index in [1.807, 2.05) is 6.07 Å². The van der Waals surface area contributed by atoms with Crippen molar-refractivity contribution in [2.75, 3.05) is 13.1 Å². The number of Topliss-reactive ketones (excluding diaryl/α,β-unsaturated/α-hetero) is 1. The molecule has 0 amide bonds. The van der Waals surface area contributed by atoms with Crippen molar-refractivity contribution in [2.24, 2.45) is 5.92 Å². The standard InChI is InChI=1S/C18H17Cl3N2O2/c1-10(24)16-15(3-2-14(20)17(16)21)25-18(11-4-5-22-7-11)12-6-13(19)9-23-8-12/h2-3,6,8-9,11,18,22H,4-5,7H2,1H3/t11-,18?/m0/s1. The third-order valence-electron chi connectivity index (χ3n) is 4.24. The van der Waals surface area contributed by atoms with Crippen molar-refractivity contribution in [3.63, 3.8) is 0 Å². The zero-order valence-corrected chi connectivity index (χ0v) is 15.8. The Balaban J connectivity index is 2.01. The van der Waals surface area contributed by atoms with Crippen molar-refractivity contribution in [1.29, 1.82) is 0 Å². The second-order valence-corrected chi connectivity index (χ2v) is 7.24. The summed E-state index contributed by atoms with van der Waals surface area (Å²) in [5.74, 6) is 0.448. The van der Waals surface area contributed by atoms with E-state index in [4.69, 9.17) is 39.5 Å². The van der Waals surface area contributed by atoms with Crippen molar-refractivity contribution >= 4 is 40.6 Å². The van der Waals surface area contributed by atoms with E-state index in [-0.39, 0.29) is 22.8 Å². The molecule has 1 aromatic carbocycles. The van der Waals surface area contributed by atoms with E-state index in [0.29, 0.717) is 21.4 Å². The molecule has 1 unspecified atom stereocenters. The van der Waals surface area contributed by atoms with Gasteiger partial charge in [0.15, 0.2) is 5.78 Å². The molecular weight excluding hydrogens is 383 g/mol. The second-order valence-electron chi connectivity index (χ2n) is 6.02. The van der Waals surface area contributed by atoms with E-state index in [1.54, 1.807) is 24.5 Å². The van der Waals surface area contributed by atoms with Crippen LogP contribution in [0.2, 0.25) is 15.1 Å². The van der Waals surface area contributed by atoms with E-state index < -0.39 is 0 Å². The van der Waals surface area contributed by atoms with Crippen molar-refractivity contribution in [2.45, 2.75) is 19.4 Å². The molecule has 1 aliphatic heterocycles. The highest BCUT2D eigenvalue weighted by molar-refractivity contribution is 6.44. The number of rotatable bonds is 5. The van der Waals surface area contributed by atoms with Crippen LogP contribution < -0.4 is 10.1 Å². The molecule has 0 saturated carbocycles. The lowest BCUT2D eigenvalue weighted by atomic mass is 9.95. The molecule has 1 saturated heterocycles. The van der Waals surface area contributed by atoms with Gasteiger partial charge >= 0.3 is 0 Å². The smallest absolute Gasteiger partial charge is 0.165 e. The number of benzene rings is 1. The van der Waals surface area contributed by atoms with Crippen LogP contribution in [0.4, 0.5) is 0 Å². The van der Waals surface area contributed by atoms with Gasteiger partial charge in [0.05, 0.1) is 20.6 Å². The summed E-state index contributed by atoms with van der Waals surface area (Å²) in [6.07, 6.45) is 3.97. The fraction of sp³-hybridized carbons (Fsp3) is 0.333. The lowest BCUT2D eigenvalue weighted by Crippen LogP contribution is -2.22. The summed E-state index contributed by atoms with van der Waals surface area (Å²) in [6.45, 7) is 3.17. The fourth-order valence-electron chi connectivity index (χ4n) is 3.05. The van der Waals surface area contributed by atoms with Crippen LogP contribution in [0.25, 0.3) is 0 Å². The van der Waals surface area contributed by atoms with Gasteiger partial charge in [0.1, 0.15) is 11.9 Å². The largest absolute Gasteiger partial charge is 0.485 e. The topological polar surface area (TPSA) is 51.2 Å². The Labute approximate surface area is 161 Å². The van der Waals surface area contributed by atoms with Crippen LogP contribution in [0.15, 0.2) is 30.6 Å². The predicted molar refractivity (Wildman–Crippen MR) is 100 cm³/mol. The minimum absolute atomic E-state index is 0.199. The summed E-state index contributed by atoms with van der Waals surface area (Å²) in [4.78, 5) is 16.2. The Morgan fingerprint density at radius 1 is 1.32 bits per heavy atom. The van der Waals surface area contributed by atoms with Crippen LogP contribution in [0.1, 0.15) is 35.4 Å². The maximum atomic E-state index is 12.1. The lowest BCUT2D eigenvalue weighted by molar-refractivity contribution is 0.0997. The summed E-state index contributed by atoms with van der Waals surface area (Å²) in [5.41, 5.74) is 1.15. The highest BCUT2D eigenvalue weighted by Crippen LogP contribution is 2.38. The van der Waals surface area contributed by atoms with Crippen LogP contribution in [-0.2, 0) is 0 Å². The third-order valence-corrected chi connectivity index (χ3v) is 5.25. The predicted octanol–water partition coefficient (Wildman–Crippen LogP) is 4.97.